The lowest BCUT2D eigenvalue weighted by molar-refractivity contribution is 0.0696. The van der Waals surface area contributed by atoms with E-state index in [0.717, 1.165) is 0 Å². The van der Waals surface area contributed by atoms with E-state index in [0.29, 0.717) is 16.3 Å². The van der Waals surface area contributed by atoms with Crippen molar-refractivity contribution in [2.75, 3.05) is 12.4 Å². The zero-order chi connectivity index (χ0) is 15.4. The van der Waals surface area contributed by atoms with Gasteiger partial charge in [-0.25, -0.2) is 4.79 Å². The van der Waals surface area contributed by atoms with Gasteiger partial charge in [0.2, 0.25) is 0 Å². The van der Waals surface area contributed by atoms with Gasteiger partial charge in [-0.05, 0) is 30.3 Å². The smallest absolute Gasteiger partial charge is 0.335 e. The summed E-state index contributed by atoms with van der Waals surface area (Å²) in [5.74, 6) is -1.21. The Bertz CT molecular complexity index is 700. The van der Waals surface area contributed by atoms with Gasteiger partial charge in [-0.2, -0.15) is 0 Å². The van der Waals surface area contributed by atoms with Gasteiger partial charge in [-0.15, -0.1) is 0 Å². The number of nitrogens with one attached hydrogen (secondary N) is 1. The zero-order valence-corrected chi connectivity index (χ0v) is 11.8. The quantitative estimate of drug-likeness (QED) is 0.908. The monoisotopic (exact) mass is 305 g/mol. The van der Waals surface area contributed by atoms with Crippen molar-refractivity contribution in [3.05, 3.63) is 58.6 Å². The van der Waals surface area contributed by atoms with Crippen LogP contribution in [0.15, 0.2) is 42.5 Å². The van der Waals surface area contributed by atoms with E-state index >= 15 is 0 Å². The average molecular weight is 306 g/mol. The van der Waals surface area contributed by atoms with Crippen LogP contribution in [-0.4, -0.2) is 24.1 Å². The number of carboxylic acids is 1. The molecule has 2 N–H and O–H groups in total. The minimum atomic E-state index is -1.07. The summed E-state index contributed by atoms with van der Waals surface area (Å²) in [5.41, 5.74) is 0.763. The van der Waals surface area contributed by atoms with E-state index in [1.807, 2.05) is 0 Å². The van der Waals surface area contributed by atoms with Crippen molar-refractivity contribution in [1.29, 1.82) is 0 Å². The van der Waals surface area contributed by atoms with Crippen LogP contribution in [0.4, 0.5) is 5.69 Å². The fourth-order valence-corrected chi connectivity index (χ4v) is 1.98. The number of rotatable bonds is 4. The van der Waals surface area contributed by atoms with Crippen molar-refractivity contribution >= 4 is 29.2 Å². The number of aromatic carboxylic acids is 1. The second-order valence-corrected chi connectivity index (χ2v) is 4.56. The Morgan fingerprint density at radius 2 is 1.90 bits per heavy atom. The Morgan fingerprint density at radius 1 is 1.19 bits per heavy atom. The average Bonchev–Trinajstić information content (AvgIpc) is 2.47. The summed E-state index contributed by atoms with van der Waals surface area (Å²) in [6, 6.07) is 10.8. The number of halogens is 1. The molecule has 0 atom stereocenters. The van der Waals surface area contributed by atoms with Gasteiger partial charge in [-0.1, -0.05) is 23.7 Å². The fraction of sp³-hybridized carbons (Fsp3) is 0.0667. The van der Waals surface area contributed by atoms with E-state index < -0.39 is 11.9 Å². The van der Waals surface area contributed by atoms with Gasteiger partial charge in [0.05, 0.1) is 28.9 Å². The number of anilines is 1. The van der Waals surface area contributed by atoms with Crippen LogP contribution in [0, 0.1) is 0 Å². The number of carboxylic acid groups (broad SMARTS) is 1. The van der Waals surface area contributed by atoms with Gasteiger partial charge in [0.15, 0.2) is 0 Å². The van der Waals surface area contributed by atoms with E-state index in [4.69, 9.17) is 21.4 Å². The molecule has 0 aliphatic rings. The highest BCUT2D eigenvalue weighted by molar-refractivity contribution is 6.34. The highest BCUT2D eigenvalue weighted by Gasteiger charge is 2.14. The Hall–Kier alpha value is -2.53. The summed E-state index contributed by atoms with van der Waals surface area (Å²) >= 11 is 5.96. The van der Waals surface area contributed by atoms with Crippen LogP contribution in [0.5, 0.6) is 5.75 Å². The number of methoxy groups -OCH3 is 1. The molecule has 6 heteroatoms. The van der Waals surface area contributed by atoms with Crippen molar-refractivity contribution in [2.45, 2.75) is 0 Å². The predicted octanol–water partition coefficient (Wildman–Crippen LogP) is 3.30. The Labute approximate surface area is 126 Å². The molecule has 2 rings (SSSR count). The Kier molecular flexibility index (Phi) is 4.45. The van der Waals surface area contributed by atoms with E-state index in [1.165, 1.54) is 25.3 Å². The molecule has 0 heterocycles. The first-order chi connectivity index (χ1) is 10.0. The lowest BCUT2D eigenvalue weighted by atomic mass is 10.1. The maximum Gasteiger partial charge on any atom is 0.335 e. The number of carbonyl (C=O) groups is 2. The molecule has 0 bridgehead atoms. The van der Waals surface area contributed by atoms with Gasteiger partial charge in [-0.3, -0.25) is 4.79 Å². The van der Waals surface area contributed by atoms with Crippen LogP contribution in [0.3, 0.4) is 0 Å². The van der Waals surface area contributed by atoms with Crippen LogP contribution in [0.1, 0.15) is 20.7 Å². The van der Waals surface area contributed by atoms with E-state index in [1.54, 1.807) is 24.3 Å². The molecule has 0 unspecified atom stereocenters. The van der Waals surface area contributed by atoms with Crippen molar-refractivity contribution in [3.8, 4) is 5.75 Å². The Morgan fingerprint density at radius 3 is 2.52 bits per heavy atom. The molecule has 0 aromatic heterocycles. The first kappa shape index (κ1) is 14.9. The lowest BCUT2D eigenvalue weighted by Gasteiger charge is -2.11. The topological polar surface area (TPSA) is 75.6 Å². The third-order valence-corrected chi connectivity index (χ3v) is 3.14. The summed E-state index contributed by atoms with van der Waals surface area (Å²) in [7, 11) is 1.39. The summed E-state index contributed by atoms with van der Waals surface area (Å²) in [6.07, 6.45) is 0. The van der Waals surface area contributed by atoms with Gasteiger partial charge in [0.25, 0.3) is 5.91 Å². The SMILES string of the molecule is COc1cc(C(=O)O)ccc1NC(=O)c1ccccc1Cl. The minimum absolute atomic E-state index is 0.0718. The van der Waals surface area contributed by atoms with Crippen molar-refractivity contribution in [3.63, 3.8) is 0 Å². The normalized spacial score (nSPS) is 10.0. The molecule has 2 aromatic rings. The van der Waals surface area contributed by atoms with Crippen LogP contribution >= 0.6 is 11.6 Å². The van der Waals surface area contributed by atoms with Gasteiger partial charge in [0.1, 0.15) is 5.75 Å². The van der Waals surface area contributed by atoms with Crippen LogP contribution in [0.2, 0.25) is 5.02 Å². The molecule has 21 heavy (non-hydrogen) atoms. The molecule has 2 aromatic carbocycles. The fourth-order valence-electron chi connectivity index (χ4n) is 1.76. The second kappa shape index (κ2) is 6.28. The number of hydrogen-bond donors (Lipinski definition) is 2. The molecular formula is C15H12ClNO4. The van der Waals surface area contributed by atoms with Crippen LogP contribution in [-0.2, 0) is 0 Å². The minimum Gasteiger partial charge on any atom is -0.495 e. The van der Waals surface area contributed by atoms with Gasteiger partial charge >= 0.3 is 5.97 Å². The number of benzene rings is 2. The largest absolute Gasteiger partial charge is 0.495 e. The predicted molar refractivity (Wildman–Crippen MR) is 79.4 cm³/mol. The molecule has 0 saturated heterocycles. The molecule has 1 amide bonds. The zero-order valence-electron chi connectivity index (χ0n) is 11.1. The van der Waals surface area contributed by atoms with E-state index in [9.17, 15) is 9.59 Å². The molecule has 0 fully saturated rings. The van der Waals surface area contributed by atoms with E-state index in [2.05, 4.69) is 5.32 Å². The molecule has 0 aliphatic heterocycles. The van der Waals surface area contributed by atoms with Crippen LogP contribution < -0.4 is 10.1 Å². The number of hydrogen-bond acceptors (Lipinski definition) is 3. The van der Waals surface area contributed by atoms with Crippen LogP contribution in [0.25, 0.3) is 0 Å². The number of ether oxygens (including phenoxy) is 1. The van der Waals surface area contributed by atoms with Gasteiger partial charge in [0, 0.05) is 0 Å². The summed E-state index contributed by atoms with van der Waals surface area (Å²) in [5, 5.41) is 11.9. The maximum absolute atomic E-state index is 12.2. The van der Waals surface area contributed by atoms with Crippen molar-refractivity contribution in [2.24, 2.45) is 0 Å². The molecule has 0 aliphatic carbocycles. The third-order valence-electron chi connectivity index (χ3n) is 2.82. The molecule has 108 valence electrons. The Balaban J connectivity index is 2.29. The second-order valence-electron chi connectivity index (χ2n) is 4.15. The summed E-state index contributed by atoms with van der Waals surface area (Å²) in [4.78, 5) is 23.1. The first-order valence-corrected chi connectivity index (χ1v) is 6.38. The highest BCUT2D eigenvalue weighted by atomic mass is 35.5. The summed E-state index contributed by atoms with van der Waals surface area (Å²) < 4.78 is 5.09. The number of amides is 1. The summed E-state index contributed by atoms with van der Waals surface area (Å²) in [6.45, 7) is 0. The molecule has 0 radical (unpaired) electrons. The molecular weight excluding hydrogens is 294 g/mol. The lowest BCUT2D eigenvalue weighted by Crippen LogP contribution is -2.13. The van der Waals surface area contributed by atoms with Crippen molar-refractivity contribution in [1.82, 2.24) is 0 Å². The highest BCUT2D eigenvalue weighted by Crippen LogP contribution is 2.27. The number of carbonyl (C=O) groups excluding carboxylic acids is 1. The molecule has 5 nitrogen and oxygen atoms in total. The third kappa shape index (κ3) is 3.32. The van der Waals surface area contributed by atoms with Crippen molar-refractivity contribution < 1.29 is 19.4 Å². The van der Waals surface area contributed by atoms with E-state index in [-0.39, 0.29) is 11.3 Å². The first-order valence-electron chi connectivity index (χ1n) is 6.00. The molecule has 0 spiro atoms. The molecule has 0 saturated carbocycles. The standard InChI is InChI=1S/C15H12ClNO4/c1-21-13-8-9(15(19)20)6-7-12(13)17-14(18)10-4-2-3-5-11(10)16/h2-8H,1H3,(H,17,18)(H,19,20). The maximum atomic E-state index is 12.2. The van der Waals surface area contributed by atoms with Gasteiger partial charge < -0.3 is 15.2 Å².